The van der Waals surface area contributed by atoms with Crippen LogP contribution in [-0.4, -0.2) is 66.9 Å². The van der Waals surface area contributed by atoms with Crippen LogP contribution in [0.5, 0.6) is 11.5 Å². The minimum atomic E-state index is -1.10. The number of aromatic carboxylic acids is 2. The molecule has 0 bridgehead atoms. The first-order valence-corrected chi connectivity index (χ1v) is 15.7. The molecule has 10 heteroatoms. The monoisotopic (exact) mass is 542 g/mol. The fourth-order valence-electron chi connectivity index (χ4n) is 3.08. The molecule has 0 spiro atoms. The van der Waals surface area contributed by atoms with Crippen LogP contribution in [0.3, 0.4) is 0 Å². The molecule has 0 aliphatic carbocycles. The molecule has 34 heavy (non-hydrogen) atoms. The number of hydrogen-bond acceptors (Lipinski definition) is 8. The molecule has 0 atom stereocenters. The molecule has 0 radical (unpaired) electrons. The number of phenols is 2. The highest BCUT2D eigenvalue weighted by atomic mass is 33.1. The van der Waals surface area contributed by atoms with Crippen molar-refractivity contribution in [2.24, 2.45) is 0 Å². The lowest BCUT2D eigenvalue weighted by molar-refractivity contribution is 0.0682. The number of carboxylic acids is 2. The van der Waals surface area contributed by atoms with E-state index >= 15 is 0 Å². The molecule has 0 aromatic heterocycles. The lowest BCUT2D eigenvalue weighted by Gasteiger charge is -2.06. The van der Waals surface area contributed by atoms with Crippen molar-refractivity contribution in [1.82, 2.24) is 0 Å². The number of rotatable bonds is 17. The van der Waals surface area contributed by atoms with Gasteiger partial charge in [-0.15, -0.1) is 0 Å². The zero-order valence-corrected chi connectivity index (χ0v) is 22.0. The van der Waals surface area contributed by atoms with E-state index in [1.165, 1.54) is 12.1 Å². The average Bonchev–Trinajstić information content (AvgIpc) is 2.80. The van der Waals surface area contributed by atoms with Crippen LogP contribution in [0.25, 0.3) is 0 Å². The average molecular weight is 543 g/mol. The maximum atomic E-state index is 11.1. The third kappa shape index (κ3) is 10.8. The van der Waals surface area contributed by atoms with Crippen LogP contribution in [0.15, 0.2) is 36.4 Å². The van der Waals surface area contributed by atoms with Crippen molar-refractivity contribution in [1.29, 1.82) is 0 Å². The van der Waals surface area contributed by atoms with Crippen LogP contribution in [-0.2, 0) is 12.8 Å². The highest BCUT2D eigenvalue weighted by molar-refractivity contribution is 8.76. The molecule has 2 rings (SSSR count). The molecule has 0 fully saturated rings. The van der Waals surface area contributed by atoms with E-state index < -0.39 is 11.9 Å². The van der Waals surface area contributed by atoms with Gasteiger partial charge >= 0.3 is 11.9 Å². The Labute approximate surface area is 216 Å². The van der Waals surface area contributed by atoms with E-state index in [0.717, 1.165) is 71.3 Å². The number of aryl methyl sites for hydroxylation is 2. The molecular formula is C24H30O6S4. The number of aromatic hydroxyl groups is 2. The minimum Gasteiger partial charge on any atom is -0.507 e. The molecule has 0 saturated heterocycles. The molecule has 0 aliphatic heterocycles. The van der Waals surface area contributed by atoms with Crippen LogP contribution >= 0.6 is 45.1 Å². The quantitative estimate of drug-likeness (QED) is 0.142. The fourth-order valence-corrected chi connectivity index (χ4v) is 7.84. The number of carboxylic acid groups (broad SMARTS) is 2. The van der Waals surface area contributed by atoms with E-state index in [9.17, 15) is 19.8 Å². The molecule has 0 unspecified atom stereocenters. The Morgan fingerprint density at radius 2 is 1.03 bits per heavy atom. The van der Waals surface area contributed by atoms with E-state index in [2.05, 4.69) is 0 Å². The first kappa shape index (κ1) is 28.6. The second kappa shape index (κ2) is 16.1. The van der Waals surface area contributed by atoms with Crippen molar-refractivity contribution >= 4 is 57.1 Å². The highest BCUT2D eigenvalue weighted by Gasteiger charge is 2.11. The zero-order valence-electron chi connectivity index (χ0n) is 18.8. The minimum absolute atomic E-state index is 0.0385. The van der Waals surface area contributed by atoms with Gasteiger partial charge in [0.1, 0.15) is 22.6 Å². The second-order valence-corrected chi connectivity index (χ2v) is 12.5. The standard InChI is InChI=1S/C24H30O6S4/c25-21-7-5-17(15-19(21)23(27)28)3-1-9-31-11-13-33-34-14-12-32-10-2-4-18-6-8-22(26)20(16-18)24(29)30/h5-8,15-16,25-26H,1-4,9-14H2,(H,27,28)(H,29,30). The first-order valence-electron chi connectivity index (χ1n) is 10.9. The predicted molar refractivity (Wildman–Crippen MR) is 146 cm³/mol. The summed E-state index contributed by atoms with van der Waals surface area (Å²) in [7, 11) is 3.78. The molecule has 0 aliphatic rings. The van der Waals surface area contributed by atoms with Crippen molar-refractivity contribution in [3.8, 4) is 11.5 Å². The zero-order chi connectivity index (χ0) is 24.8. The number of carbonyl (C=O) groups is 2. The van der Waals surface area contributed by atoms with Gasteiger partial charge < -0.3 is 20.4 Å². The lowest BCUT2D eigenvalue weighted by Crippen LogP contribution is -1.99. The van der Waals surface area contributed by atoms with E-state index in [1.54, 1.807) is 24.3 Å². The Morgan fingerprint density at radius 1 is 0.618 bits per heavy atom. The third-order valence-electron chi connectivity index (χ3n) is 4.80. The second-order valence-electron chi connectivity index (χ2n) is 7.39. The summed E-state index contributed by atoms with van der Waals surface area (Å²) in [6.07, 6.45) is 3.57. The van der Waals surface area contributed by atoms with E-state index in [4.69, 9.17) is 10.2 Å². The van der Waals surface area contributed by atoms with Gasteiger partial charge in [-0.1, -0.05) is 33.7 Å². The summed E-state index contributed by atoms with van der Waals surface area (Å²) in [5.74, 6) is 3.83. The Balaban J connectivity index is 1.41. The van der Waals surface area contributed by atoms with Crippen LogP contribution < -0.4 is 0 Å². The van der Waals surface area contributed by atoms with Crippen molar-refractivity contribution in [3.05, 3.63) is 58.7 Å². The Morgan fingerprint density at radius 3 is 1.41 bits per heavy atom. The molecule has 6 nitrogen and oxygen atoms in total. The van der Waals surface area contributed by atoms with Crippen molar-refractivity contribution in [2.75, 3.05) is 34.5 Å². The summed E-state index contributed by atoms with van der Waals surface area (Å²) in [6, 6.07) is 9.55. The molecule has 2 aromatic carbocycles. The summed E-state index contributed by atoms with van der Waals surface area (Å²) in [5, 5.41) is 37.2. The molecule has 2 aromatic rings. The number of hydrogen-bond donors (Lipinski definition) is 4. The Bertz CT molecular complexity index is 862. The van der Waals surface area contributed by atoms with Gasteiger partial charge in [-0.3, -0.25) is 0 Å². The predicted octanol–water partition coefficient (Wildman–Crippen LogP) is 5.91. The van der Waals surface area contributed by atoms with E-state index in [1.807, 2.05) is 45.1 Å². The van der Waals surface area contributed by atoms with Gasteiger partial charge in [0.2, 0.25) is 0 Å². The Kier molecular flexibility index (Phi) is 13.6. The molecule has 0 heterocycles. The van der Waals surface area contributed by atoms with Gasteiger partial charge in [0.05, 0.1) is 0 Å². The maximum Gasteiger partial charge on any atom is 0.339 e. The summed E-state index contributed by atoms with van der Waals surface area (Å²) >= 11 is 3.81. The lowest BCUT2D eigenvalue weighted by atomic mass is 10.1. The van der Waals surface area contributed by atoms with Gasteiger partial charge in [-0.05, 0) is 72.6 Å². The van der Waals surface area contributed by atoms with Crippen LogP contribution in [0, 0.1) is 0 Å². The van der Waals surface area contributed by atoms with Gasteiger partial charge in [0, 0.05) is 23.0 Å². The molecule has 0 saturated carbocycles. The maximum absolute atomic E-state index is 11.1. The summed E-state index contributed by atoms with van der Waals surface area (Å²) in [4.78, 5) is 22.1. The smallest absolute Gasteiger partial charge is 0.339 e. The van der Waals surface area contributed by atoms with Crippen LogP contribution in [0.1, 0.15) is 44.7 Å². The third-order valence-corrected chi connectivity index (χ3v) is 9.86. The van der Waals surface area contributed by atoms with Gasteiger partial charge in [-0.2, -0.15) is 23.5 Å². The highest BCUT2D eigenvalue weighted by Crippen LogP contribution is 2.25. The van der Waals surface area contributed by atoms with Crippen molar-refractivity contribution in [3.63, 3.8) is 0 Å². The van der Waals surface area contributed by atoms with E-state index in [-0.39, 0.29) is 22.6 Å². The number of benzene rings is 2. The van der Waals surface area contributed by atoms with Gasteiger partial charge in [0.25, 0.3) is 0 Å². The Hall–Kier alpha value is -1.62. The summed E-state index contributed by atoms with van der Waals surface area (Å²) < 4.78 is 0. The molecule has 0 amide bonds. The summed E-state index contributed by atoms with van der Waals surface area (Å²) in [6.45, 7) is 0. The number of thioether (sulfide) groups is 2. The van der Waals surface area contributed by atoms with Crippen LogP contribution in [0.4, 0.5) is 0 Å². The fraction of sp³-hybridized carbons (Fsp3) is 0.417. The largest absolute Gasteiger partial charge is 0.507 e. The molecule has 186 valence electrons. The SMILES string of the molecule is O=C(O)c1cc(CCCSCCSSCCSCCCc2ccc(O)c(C(=O)O)c2)ccc1O. The van der Waals surface area contributed by atoms with Crippen molar-refractivity contribution < 1.29 is 30.0 Å². The van der Waals surface area contributed by atoms with Crippen LogP contribution in [0.2, 0.25) is 0 Å². The molecule has 4 N–H and O–H groups in total. The van der Waals surface area contributed by atoms with Gasteiger partial charge in [-0.25, -0.2) is 9.59 Å². The topological polar surface area (TPSA) is 115 Å². The summed E-state index contributed by atoms with van der Waals surface area (Å²) in [5.41, 5.74) is 1.80. The first-order chi connectivity index (χ1) is 16.4. The normalized spacial score (nSPS) is 10.9. The van der Waals surface area contributed by atoms with Gasteiger partial charge in [0.15, 0.2) is 0 Å². The van der Waals surface area contributed by atoms with E-state index in [0.29, 0.717) is 0 Å². The van der Waals surface area contributed by atoms with Crippen molar-refractivity contribution in [2.45, 2.75) is 25.7 Å². The molecular weight excluding hydrogens is 513 g/mol.